The van der Waals surface area contributed by atoms with Crippen molar-refractivity contribution in [3.05, 3.63) is 22.8 Å². The molecule has 0 heterocycles. The van der Waals surface area contributed by atoms with E-state index in [4.69, 9.17) is 0 Å². The highest BCUT2D eigenvalue weighted by molar-refractivity contribution is 7.79. The third-order valence-electron chi connectivity index (χ3n) is 2.99. The van der Waals surface area contributed by atoms with Crippen molar-refractivity contribution in [3.8, 4) is 5.75 Å². The molecule has 0 saturated heterocycles. The number of phenols is 1. The molecule has 1 atom stereocenters. The molecule has 1 unspecified atom stereocenters. The van der Waals surface area contributed by atoms with Crippen LogP contribution < -0.4 is 0 Å². The SMILES string of the molecule is Cc1c(O)cc2c(c1S(=O)[O-])CCCC2. The van der Waals surface area contributed by atoms with E-state index in [1.807, 2.05) is 0 Å². The zero-order valence-electron chi connectivity index (χ0n) is 8.58. The molecule has 0 bridgehead atoms. The van der Waals surface area contributed by atoms with Crippen LogP contribution in [-0.4, -0.2) is 13.9 Å². The highest BCUT2D eigenvalue weighted by atomic mass is 32.2. The summed E-state index contributed by atoms with van der Waals surface area (Å²) in [6.45, 7) is 1.65. The van der Waals surface area contributed by atoms with E-state index in [0.29, 0.717) is 10.5 Å². The Hall–Kier alpha value is -0.870. The van der Waals surface area contributed by atoms with Gasteiger partial charge in [0.05, 0.1) is 0 Å². The normalized spacial score (nSPS) is 17.2. The Morgan fingerprint density at radius 3 is 2.73 bits per heavy atom. The molecule has 15 heavy (non-hydrogen) atoms. The van der Waals surface area contributed by atoms with E-state index in [1.54, 1.807) is 13.0 Å². The number of aryl methyl sites for hydroxylation is 1. The molecule has 0 radical (unpaired) electrons. The first-order valence-corrected chi connectivity index (χ1v) is 6.12. The lowest BCUT2D eigenvalue weighted by atomic mass is 9.90. The molecule has 3 nitrogen and oxygen atoms in total. The smallest absolute Gasteiger partial charge is 0.119 e. The quantitative estimate of drug-likeness (QED) is 0.741. The summed E-state index contributed by atoms with van der Waals surface area (Å²) in [6.07, 6.45) is 3.77. The summed E-state index contributed by atoms with van der Waals surface area (Å²) >= 11 is -2.25. The van der Waals surface area contributed by atoms with Crippen LogP contribution in [0.1, 0.15) is 29.5 Å². The molecule has 1 N–H and O–H groups in total. The van der Waals surface area contributed by atoms with E-state index in [0.717, 1.165) is 36.8 Å². The Morgan fingerprint density at radius 2 is 2.07 bits per heavy atom. The molecule has 0 saturated carbocycles. The molecule has 1 aliphatic carbocycles. The zero-order chi connectivity index (χ0) is 11.0. The van der Waals surface area contributed by atoms with E-state index in [-0.39, 0.29) is 5.75 Å². The van der Waals surface area contributed by atoms with Gasteiger partial charge in [-0.05, 0) is 60.9 Å². The fraction of sp³-hybridized carbons (Fsp3) is 0.455. The Balaban J connectivity index is 2.68. The van der Waals surface area contributed by atoms with Gasteiger partial charge in [0.2, 0.25) is 0 Å². The van der Waals surface area contributed by atoms with Gasteiger partial charge < -0.3 is 9.66 Å². The van der Waals surface area contributed by atoms with Gasteiger partial charge in [-0.15, -0.1) is 0 Å². The van der Waals surface area contributed by atoms with Crippen LogP contribution in [0.2, 0.25) is 0 Å². The topological polar surface area (TPSA) is 60.4 Å². The number of hydrogen-bond donors (Lipinski definition) is 1. The number of fused-ring (bicyclic) bond motifs is 1. The lowest BCUT2D eigenvalue weighted by Crippen LogP contribution is -2.09. The van der Waals surface area contributed by atoms with Crippen molar-refractivity contribution in [2.75, 3.05) is 0 Å². The monoisotopic (exact) mass is 225 g/mol. The molecule has 1 aromatic rings. The summed E-state index contributed by atoms with van der Waals surface area (Å²) in [6, 6.07) is 1.71. The Kier molecular flexibility index (Phi) is 2.80. The minimum absolute atomic E-state index is 0.0925. The second-order valence-electron chi connectivity index (χ2n) is 3.93. The minimum atomic E-state index is -2.25. The van der Waals surface area contributed by atoms with Crippen molar-refractivity contribution in [2.24, 2.45) is 0 Å². The maximum atomic E-state index is 11.1. The van der Waals surface area contributed by atoms with Gasteiger partial charge >= 0.3 is 0 Å². The van der Waals surface area contributed by atoms with Crippen LogP contribution in [0.3, 0.4) is 0 Å². The summed E-state index contributed by atoms with van der Waals surface area (Å²) in [7, 11) is 0. The van der Waals surface area contributed by atoms with Crippen molar-refractivity contribution in [1.82, 2.24) is 0 Å². The molecule has 2 rings (SSSR count). The van der Waals surface area contributed by atoms with Crippen LogP contribution in [0, 0.1) is 6.92 Å². The fourth-order valence-corrected chi connectivity index (χ4v) is 2.98. The van der Waals surface area contributed by atoms with Crippen LogP contribution in [0.25, 0.3) is 0 Å². The average molecular weight is 225 g/mol. The van der Waals surface area contributed by atoms with E-state index < -0.39 is 11.1 Å². The van der Waals surface area contributed by atoms with Crippen molar-refractivity contribution in [2.45, 2.75) is 37.5 Å². The third-order valence-corrected chi connectivity index (χ3v) is 3.87. The van der Waals surface area contributed by atoms with Crippen LogP contribution in [0.4, 0.5) is 0 Å². The maximum absolute atomic E-state index is 11.1. The summed E-state index contributed by atoms with van der Waals surface area (Å²) in [5.74, 6) is 0.0925. The minimum Gasteiger partial charge on any atom is -0.768 e. The number of rotatable bonds is 1. The Labute approximate surface area is 91.4 Å². The highest BCUT2D eigenvalue weighted by Crippen LogP contribution is 2.33. The molecule has 4 heteroatoms. The van der Waals surface area contributed by atoms with Crippen molar-refractivity contribution >= 4 is 11.1 Å². The van der Waals surface area contributed by atoms with Gasteiger partial charge in [-0.1, -0.05) is 0 Å². The van der Waals surface area contributed by atoms with Crippen molar-refractivity contribution in [3.63, 3.8) is 0 Å². The second kappa shape index (κ2) is 3.94. The highest BCUT2D eigenvalue weighted by Gasteiger charge is 2.18. The van der Waals surface area contributed by atoms with Crippen LogP contribution in [0.5, 0.6) is 5.75 Å². The van der Waals surface area contributed by atoms with Crippen LogP contribution >= 0.6 is 0 Å². The van der Waals surface area contributed by atoms with Gasteiger partial charge in [-0.2, -0.15) is 0 Å². The first-order chi connectivity index (χ1) is 7.11. The average Bonchev–Trinajstić information content (AvgIpc) is 2.19. The van der Waals surface area contributed by atoms with E-state index >= 15 is 0 Å². The first kappa shape index (κ1) is 10.6. The molecule has 0 spiro atoms. The van der Waals surface area contributed by atoms with E-state index in [2.05, 4.69) is 0 Å². The molecule has 1 aromatic carbocycles. The Morgan fingerprint density at radius 1 is 1.40 bits per heavy atom. The predicted molar refractivity (Wildman–Crippen MR) is 56.7 cm³/mol. The number of phenolic OH excluding ortho intramolecular Hbond substituents is 1. The number of benzene rings is 1. The van der Waals surface area contributed by atoms with Crippen molar-refractivity contribution < 1.29 is 13.9 Å². The standard InChI is InChI=1S/C11H14O3S/c1-7-10(12)6-8-4-2-3-5-9(8)11(7)15(13)14/h6,12H,2-5H2,1H3,(H,13,14)/p-1. The van der Waals surface area contributed by atoms with Gasteiger partial charge in [0.25, 0.3) is 0 Å². The number of aromatic hydroxyl groups is 1. The zero-order valence-corrected chi connectivity index (χ0v) is 9.39. The summed E-state index contributed by atoms with van der Waals surface area (Å²) in [5, 5.41) is 9.63. The van der Waals surface area contributed by atoms with E-state index in [9.17, 15) is 13.9 Å². The molecule has 0 fully saturated rings. The molecule has 0 amide bonds. The van der Waals surface area contributed by atoms with Crippen LogP contribution in [-0.2, 0) is 23.9 Å². The van der Waals surface area contributed by atoms with Gasteiger partial charge in [0.15, 0.2) is 0 Å². The Bertz CT molecular complexity index is 426. The van der Waals surface area contributed by atoms with E-state index in [1.165, 1.54) is 0 Å². The summed E-state index contributed by atoms with van der Waals surface area (Å²) in [5.41, 5.74) is 2.37. The first-order valence-electron chi connectivity index (χ1n) is 5.05. The second-order valence-corrected chi connectivity index (χ2v) is 4.81. The largest absolute Gasteiger partial charge is 0.768 e. The molecular formula is C11H13O3S-. The van der Waals surface area contributed by atoms with Crippen LogP contribution in [0.15, 0.2) is 11.0 Å². The van der Waals surface area contributed by atoms with Gasteiger partial charge in [-0.25, -0.2) is 0 Å². The maximum Gasteiger partial charge on any atom is 0.119 e. The number of hydrogen-bond acceptors (Lipinski definition) is 3. The van der Waals surface area contributed by atoms with Gasteiger partial charge in [-0.3, -0.25) is 4.21 Å². The molecule has 82 valence electrons. The molecule has 1 aliphatic rings. The molecule has 0 aromatic heterocycles. The molecular weight excluding hydrogens is 212 g/mol. The summed E-state index contributed by atoms with van der Waals surface area (Å²) in [4.78, 5) is 0.310. The third kappa shape index (κ3) is 1.79. The fourth-order valence-electron chi connectivity index (χ4n) is 2.19. The predicted octanol–water partition coefficient (Wildman–Crippen LogP) is 1.82. The molecule has 0 aliphatic heterocycles. The van der Waals surface area contributed by atoms with Gasteiger partial charge in [0, 0.05) is 10.5 Å². The summed E-state index contributed by atoms with van der Waals surface area (Å²) < 4.78 is 22.3. The lowest BCUT2D eigenvalue weighted by Gasteiger charge is -2.23. The lowest BCUT2D eigenvalue weighted by molar-refractivity contribution is 0.464. The van der Waals surface area contributed by atoms with Crippen molar-refractivity contribution in [1.29, 1.82) is 0 Å². The van der Waals surface area contributed by atoms with Gasteiger partial charge in [0.1, 0.15) is 5.75 Å².